The molecule has 0 aromatic heterocycles. The molecule has 0 saturated heterocycles. The molecule has 20 heteroatoms. The fraction of sp³-hybridized carbons (Fsp3) is 0.906. The van der Waals surface area contributed by atoms with Gasteiger partial charge in [0, 0.05) is 27.1 Å². The summed E-state index contributed by atoms with van der Waals surface area (Å²) in [5, 5.41) is 0. The fourth-order valence-corrected chi connectivity index (χ4v) is 40.4. The molecule has 19 saturated carbocycles. The number of carbonyl (C=O) groups is 4. The van der Waals surface area contributed by atoms with E-state index in [9.17, 15) is 25.9 Å². The van der Waals surface area contributed by atoms with Crippen molar-refractivity contribution in [3.8, 4) is 0 Å². The number of ether oxygens (including phenoxy) is 4. The first kappa shape index (κ1) is 69.9. The van der Waals surface area contributed by atoms with Gasteiger partial charge < -0.3 is 46.0 Å². The normalized spacial score (nSPS) is 52.2. The Balaban J connectivity index is 0.723. The Hall–Kier alpha value is -2.98. The van der Waals surface area contributed by atoms with Crippen molar-refractivity contribution in [1.29, 1.82) is 0 Å². The standard InChI is InChI=1S/C85H124N4O14S2/c1-11-25-86(3,4)27-13-16-33-100-75(90)83(76(91)101-34-17-14-28-88(7,8)31-37-104(94,95)96)80-24-22-47-41-48-40-46-21-23-79-44-51-43-50-42-49-39-45-19-20-52(80)57-53(45)58-54(49)65-68-61-60(58)66(57)73-67-62(61)63-59(55(48)64(67)70(47)81(73,80)83)56(46)72(79)69(63)74(68)82(71(50)65)84(85(51,79)82,78(93)103-36-30-87(5,6)26-12-2)77(92)102-35-18-15-29-89(9,10)32-38-105(97,98)99/h21,23,42,45-49,51-74H,11-20,22,24-41,43-44H2,1-10H3/q+2. The third kappa shape index (κ3) is 7.81. The minimum Gasteiger partial charge on any atom is -0.748 e. The highest BCUT2D eigenvalue weighted by Crippen LogP contribution is 3.12. The second-order valence-corrected chi connectivity index (χ2v) is 46.5. The number of hydrogen-bond acceptors (Lipinski definition) is 14. The summed E-state index contributed by atoms with van der Waals surface area (Å²) in [6.45, 7) is 10.8. The summed E-state index contributed by atoms with van der Waals surface area (Å²) >= 11 is 0. The lowest BCUT2D eigenvalue weighted by Gasteiger charge is -2.72. The highest BCUT2D eigenvalue weighted by atomic mass is 32.2. The molecule has 21 aliphatic rings. The van der Waals surface area contributed by atoms with E-state index in [4.69, 9.17) is 18.9 Å². The predicted molar refractivity (Wildman–Crippen MR) is 386 cm³/mol. The minimum absolute atomic E-state index is 0.116. The fourth-order valence-electron chi connectivity index (χ4n) is 38.9. The van der Waals surface area contributed by atoms with Crippen molar-refractivity contribution >= 4 is 44.1 Å². The molecule has 0 bridgehead atoms. The third-order valence-electron chi connectivity index (χ3n) is 39.1. The van der Waals surface area contributed by atoms with Crippen molar-refractivity contribution in [2.45, 2.75) is 123 Å². The van der Waals surface area contributed by atoms with Crippen molar-refractivity contribution in [1.82, 2.24) is 0 Å². The summed E-state index contributed by atoms with van der Waals surface area (Å²) in [4.78, 5) is 69.1. The van der Waals surface area contributed by atoms with E-state index >= 15 is 19.2 Å². The van der Waals surface area contributed by atoms with E-state index in [1.807, 2.05) is 28.2 Å². The van der Waals surface area contributed by atoms with Gasteiger partial charge in [-0.3, -0.25) is 19.2 Å². The van der Waals surface area contributed by atoms with Crippen LogP contribution in [0.5, 0.6) is 0 Å². The molecule has 0 aromatic carbocycles. The van der Waals surface area contributed by atoms with Gasteiger partial charge in [0.05, 0.1) is 134 Å². The molecule has 0 amide bonds. The van der Waals surface area contributed by atoms with Gasteiger partial charge in [-0.2, -0.15) is 0 Å². The molecule has 4 spiro atoms. The zero-order valence-electron chi connectivity index (χ0n) is 64.7. The quantitative estimate of drug-likeness (QED) is 0.0117. The monoisotopic (exact) mass is 1490 g/mol. The molecule has 36 unspecified atom stereocenters. The Kier molecular flexibility index (Phi) is 14.6. The number of nitrogens with zero attached hydrogens (tertiary/aromatic N) is 4. The Morgan fingerprint density at radius 3 is 1.55 bits per heavy atom. The summed E-state index contributed by atoms with van der Waals surface area (Å²) in [5.74, 6) is 9.75. The van der Waals surface area contributed by atoms with Gasteiger partial charge in [0.1, 0.15) is 33.4 Å². The number of unbranched alkanes of at least 4 members (excludes halogenated alkanes) is 3. The van der Waals surface area contributed by atoms with E-state index in [1.54, 1.807) is 5.57 Å². The number of allylic oxidation sites excluding steroid dienone is 4. The first-order chi connectivity index (χ1) is 49.8. The molecule has 36 atom stereocenters. The number of carbonyl (C=O) groups excluding carboxylic acids is 4. The maximum Gasteiger partial charge on any atom is 0.325 e. The van der Waals surface area contributed by atoms with Gasteiger partial charge in [0.15, 0.2) is 10.8 Å². The van der Waals surface area contributed by atoms with Gasteiger partial charge in [-0.15, -0.1) is 0 Å². The molecule has 578 valence electrons. The first-order valence-corrected chi connectivity index (χ1v) is 46.2. The summed E-state index contributed by atoms with van der Waals surface area (Å²) in [5.41, 5.74) is -3.93. The van der Waals surface area contributed by atoms with Crippen LogP contribution in [0.2, 0.25) is 0 Å². The third-order valence-corrected chi connectivity index (χ3v) is 40.5. The summed E-state index contributed by atoms with van der Waals surface area (Å²) in [6, 6.07) is 0. The molecule has 105 heavy (non-hydrogen) atoms. The van der Waals surface area contributed by atoms with Gasteiger partial charge in [0.25, 0.3) is 0 Å². The topological polar surface area (TPSA) is 220 Å². The number of quaternary nitrogens is 4. The summed E-state index contributed by atoms with van der Waals surface area (Å²) < 4.78 is 102. The molecular weight excluding hydrogens is 1370 g/mol. The van der Waals surface area contributed by atoms with Gasteiger partial charge in [-0.1, -0.05) is 37.6 Å². The van der Waals surface area contributed by atoms with Crippen LogP contribution in [0, 0.1) is 210 Å². The zero-order valence-corrected chi connectivity index (χ0v) is 66.3. The molecule has 21 rings (SSSR count). The van der Waals surface area contributed by atoms with E-state index in [0.29, 0.717) is 197 Å². The van der Waals surface area contributed by atoms with Crippen LogP contribution in [0.4, 0.5) is 0 Å². The molecule has 21 aliphatic carbocycles. The van der Waals surface area contributed by atoms with Crippen LogP contribution in [-0.2, 0) is 58.4 Å². The Morgan fingerprint density at radius 1 is 0.457 bits per heavy atom. The maximum atomic E-state index is 17.3. The molecule has 0 N–H and O–H groups in total. The largest absolute Gasteiger partial charge is 0.748 e. The van der Waals surface area contributed by atoms with Crippen LogP contribution in [0.25, 0.3) is 0 Å². The molecule has 18 nitrogen and oxygen atoms in total. The van der Waals surface area contributed by atoms with Crippen LogP contribution < -0.4 is 0 Å². The lowest BCUT2D eigenvalue weighted by Crippen LogP contribution is -2.69. The lowest BCUT2D eigenvalue weighted by atomic mass is 9.31. The van der Waals surface area contributed by atoms with E-state index < -0.39 is 64.2 Å². The van der Waals surface area contributed by atoms with Crippen molar-refractivity contribution in [2.24, 2.45) is 210 Å². The van der Waals surface area contributed by atoms with Crippen molar-refractivity contribution < 1.29 is 82.0 Å². The molecule has 0 aliphatic heterocycles. The van der Waals surface area contributed by atoms with Crippen LogP contribution in [0.3, 0.4) is 0 Å². The zero-order chi connectivity index (χ0) is 73.0. The number of likely N-dealkylation sites (N-methyl/N-ethyl adjacent to an activating group) is 1. The van der Waals surface area contributed by atoms with Crippen LogP contribution in [-0.4, -0.2) is 214 Å². The molecule has 0 heterocycles. The lowest BCUT2D eigenvalue weighted by molar-refractivity contribution is -0.890. The van der Waals surface area contributed by atoms with Crippen molar-refractivity contribution in [2.75, 3.05) is 147 Å². The highest BCUT2D eigenvalue weighted by Gasteiger charge is 3.14. The van der Waals surface area contributed by atoms with E-state index in [-0.39, 0.29) is 97.7 Å². The average molecular weight is 1490 g/mol. The maximum absolute atomic E-state index is 17.3. The molecule has 0 radical (unpaired) electrons. The van der Waals surface area contributed by atoms with Gasteiger partial charge in [0.2, 0.25) is 0 Å². The van der Waals surface area contributed by atoms with Crippen LogP contribution >= 0.6 is 0 Å². The smallest absolute Gasteiger partial charge is 0.325 e. The van der Waals surface area contributed by atoms with Crippen molar-refractivity contribution in [3.63, 3.8) is 0 Å². The van der Waals surface area contributed by atoms with Crippen LogP contribution in [0.1, 0.15) is 123 Å². The number of esters is 4. The molecule has 0 aromatic rings. The van der Waals surface area contributed by atoms with Crippen molar-refractivity contribution in [3.05, 3.63) is 23.8 Å². The second-order valence-electron chi connectivity index (χ2n) is 43.4. The van der Waals surface area contributed by atoms with E-state index in [1.165, 1.54) is 19.3 Å². The Morgan fingerprint density at radius 2 is 0.952 bits per heavy atom. The second kappa shape index (κ2) is 21.9. The minimum atomic E-state index is -4.38. The average Bonchev–Trinajstić information content (AvgIpc) is 1.36. The number of hydrogen-bond donors (Lipinski definition) is 0. The summed E-state index contributed by atoms with van der Waals surface area (Å²) in [6.07, 6.45) is 24.5. The van der Waals surface area contributed by atoms with Gasteiger partial charge in [-0.25, -0.2) is 16.8 Å². The van der Waals surface area contributed by atoms with E-state index in [2.05, 4.69) is 60.3 Å². The van der Waals surface area contributed by atoms with Gasteiger partial charge >= 0.3 is 23.9 Å². The molecule has 19 fully saturated rings. The number of rotatable bonds is 32. The Labute approximate surface area is 625 Å². The van der Waals surface area contributed by atoms with E-state index in [0.717, 1.165) is 92.8 Å². The SMILES string of the molecule is CCC[N+](C)(C)CCCCOC(=O)C1(C(=O)OCCCC[N+](C)(C)CCS(=O)(=O)[O-])C23CCC4CC5CC6C=CC78CC9CC%10=CC%11CC%12CCC2C2C%12C%12C%11C%11C%13C%14C%12C2C2C%12C%14C%14C(C5C%12C4C213)C6C7C%14C%13C1(C%10%11)C(C(=O)OCCCC[N+](C)(C)CCS(=O)(=O)[O-])(C(=O)OCC[N+](C)(C)CCC)C981. The van der Waals surface area contributed by atoms with Crippen LogP contribution in [0.15, 0.2) is 23.8 Å². The Bertz CT molecular complexity index is 4080. The van der Waals surface area contributed by atoms with Gasteiger partial charge in [-0.05, 0) is 281 Å². The highest BCUT2D eigenvalue weighted by molar-refractivity contribution is 7.85. The predicted octanol–water partition coefficient (Wildman–Crippen LogP) is 8.77. The molecular formula is C85H124N4O14S2+2. The first-order valence-electron chi connectivity index (χ1n) is 43.1. The summed E-state index contributed by atoms with van der Waals surface area (Å²) in [7, 11) is 8.18.